The summed E-state index contributed by atoms with van der Waals surface area (Å²) in [5.74, 6) is -1.05. The largest absolute Gasteiger partial charge is 0.481 e. The molecule has 2 aliphatic rings. The van der Waals surface area contributed by atoms with Gasteiger partial charge in [0.1, 0.15) is 6.61 Å². The number of amides is 2. The molecule has 0 spiro atoms. The number of carboxylic acids is 1. The molecule has 186 valence electrons. The topological polar surface area (TPSA) is 105 Å². The van der Waals surface area contributed by atoms with Gasteiger partial charge < -0.3 is 20.5 Å². The van der Waals surface area contributed by atoms with E-state index in [1.807, 2.05) is 31.2 Å². The Morgan fingerprint density at radius 1 is 1.03 bits per heavy atom. The van der Waals surface area contributed by atoms with E-state index >= 15 is 0 Å². The van der Waals surface area contributed by atoms with Crippen LogP contribution in [0, 0.1) is 5.92 Å². The number of aliphatic carboxylic acids is 1. The maximum absolute atomic E-state index is 12.7. The van der Waals surface area contributed by atoms with Crippen LogP contribution >= 0.6 is 0 Å². The summed E-state index contributed by atoms with van der Waals surface area (Å²) in [6.45, 7) is 2.23. The third-order valence-corrected chi connectivity index (χ3v) is 7.18. The molecule has 2 amide bonds. The number of hydrogen-bond donors (Lipinski definition) is 3. The molecule has 0 aromatic heterocycles. The molecule has 3 atom stereocenters. The molecule has 1 fully saturated rings. The molecule has 0 radical (unpaired) electrons. The molecule has 4 rings (SSSR count). The minimum Gasteiger partial charge on any atom is -0.481 e. The van der Waals surface area contributed by atoms with Gasteiger partial charge in [-0.25, -0.2) is 4.79 Å². The summed E-state index contributed by atoms with van der Waals surface area (Å²) in [6, 6.07) is 15.9. The van der Waals surface area contributed by atoms with Gasteiger partial charge >= 0.3 is 12.1 Å². The summed E-state index contributed by atoms with van der Waals surface area (Å²) < 4.78 is 5.65. The molecule has 0 bridgehead atoms. The Labute approximate surface area is 206 Å². The molecule has 35 heavy (non-hydrogen) atoms. The third-order valence-electron chi connectivity index (χ3n) is 7.18. The van der Waals surface area contributed by atoms with Crippen LogP contribution in [0.15, 0.2) is 48.5 Å². The van der Waals surface area contributed by atoms with Crippen LogP contribution in [0.25, 0.3) is 11.1 Å². The Kier molecular flexibility index (Phi) is 8.06. The molecule has 1 saturated carbocycles. The van der Waals surface area contributed by atoms with Crippen LogP contribution in [-0.4, -0.2) is 41.8 Å². The molecule has 2 aromatic rings. The Bertz CT molecular complexity index is 1020. The van der Waals surface area contributed by atoms with Crippen LogP contribution in [-0.2, 0) is 14.3 Å². The molecule has 2 aliphatic carbocycles. The highest BCUT2D eigenvalue weighted by Crippen LogP contribution is 2.44. The fraction of sp³-hybridized carbons (Fsp3) is 0.464. The Morgan fingerprint density at radius 3 is 2.31 bits per heavy atom. The van der Waals surface area contributed by atoms with Gasteiger partial charge in [-0.1, -0.05) is 68.3 Å². The second-order valence-electron chi connectivity index (χ2n) is 9.62. The Balaban J connectivity index is 1.31. The van der Waals surface area contributed by atoms with E-state index < -0.39 is 12.1 Å². The summed E-state index contributed by atoms with van der Waals surface area (Å²) in [6.07, 6.45) is 3.68. The van der Waals surface area contributed by atoms with Crippen molar-refractivity contribution in [3.05, 3.63) is 59.7 Å². The van der Waals surface area contributed by atoms with Gasteiger partial charge in [0.15, 0.2) is 0 Å². The van der Waals surface area contributed by atoms with E-state index in [-0.39, 0.29) is 49.3 Å². The highest BCUT2D eigenvalue weighted by atomic mass is 16.5. The minimum absolute atomic E-state index is 0.0189. The van der Waals surface area contributed by atoms with E-state index in [9.17, 15) is 14.4 Å². The van der Waals surface area contributed by atoms with Crippen molar-refractivity contribution in [2.75, 3.05) is 6.61 Å². The van der Waals surface area contributed by atoms with Crippen molar-refractivity contribution >= 4 is 18.0 Å². The summed E-state index contributed by atoms with van der Waals surface area (Å²) in [7, 11) is 0. The SMILES string of the molecule is CCC[C@H](CC(=O)N[C@@H]1CCC[C@H]1CC(=O)O)NC(=O)OCC1c2ccccc2-c2ccccc21. The van der Waals surface area contributed by atoms with Crippen molar-refractivity contribution in [2.24, 2.45) is 5.92 Å². The number of fused-ring (bicyclic) bond motifs is 3. The standard InChI is InChI=1S/C28H34N2O5/c1-2-8-19(16-26(31)30-25-14-7-9-18(25)15-27(32)33)29-28(34)35-17-24-22-12-5-3-10-20(22)21-11-4-6-13-23(21)24/h3-6,10-13,18-19,24-25H,2,7-9,14-17H2,1H3,(H,29,34)(H,30,31)(H,32,33)/t18-,19+,25+/m0/s1. The lowest BCUT2D eigenvalue weighted by Gasteiger charge is -2.23. The number of benzene rings is 2. The number of ether oxygens (including phenoxy) is 1. The minimum atomic E-state index is -0.836. The lowest BCUT2D eigenvalue weighted by atomic mass is 9.98. The third kappa shape index (κ3) is 6.02. The first-order valence-electron chi connectivity index (χ1n) is 12.6. The maximum atomic E-state index is 12.7. The number of rotatable bonds is 10. The number of carbonyl (C=O) groups is 3. The van der Waals surface area contributed by atoms with Gasteiger partial charge in [0.05, 0.1) is 6.42 Å². The number of nitrogens with one attached hydrogen (secondary N) is 2. The summed E-state index contributed by atoms with van der Waals surface area (Å²) >= 11 is 0. The molecular weight excluding hydrogens is 444 g/mol. The monoisotopic (exact) mass is 478 g/mol. The summed E-state index contributed by atoms with van der Waals surface area (Å²) in [5.41, 5.74) is 4.65. The van der Waals surface area contributed by atoms with E-state index in [0.29, 0.717) is 6.42 Å². The fourth-order valence-electron chi connectivity index (χ4n) is 5.57. The molecule has 0 saturated heterocycles. The van der Waals surface area contributed by atoms with Gasteiger partial charge in [-0.3, -0.25) is 9.59 Å². The molecule has 7 nitrogen and oxygen atoms in total. The molecular formula is C28H34N2O5. The van der Waals surface area contributed by atoms with Gasteiger partial charge in [-0.15, -0.1) is 0 Å². The number of hydrogen-bond acceptors (Lipinski definition) is 4. The maximum Gasteiger partial charge on any atom is 0.407 e. The number of alkyl carbamates (subject to hydrolysis) is 1. The molecule has 0 aliphatic heterocycles. The molecule has 2 aromatic carbocycles. The molecule has 0 unspecified atom stereocenters. The van der Waals surface area contributed by atoms with Crippen LogP contribution < -0.4 is 10.6 Å². The average molecular weight is 479 g/mol. The van der Waals surface area contributed by atoms with Gasteiger partial charge in [-0.2, -0.15) is 0 Å². The van der Waals surface area contributed by atoms with Crippen LogP contribution in [0.4, 0.5) is 4.79 Å². The number of carboxylic acid groups (broad SMARTS) is 1. The first-order chi connectivity index (χ1) is 17.0. The van der Waals surface area contributed by atoms with Crippen molar-refractivity contribution in [2.45, 2.75) is 69.9 Å². The van der Waals surface area contributed by atoms with Crippen LogP contribution in [0.5, 0.6) is 0 Å². The van der Waals surface area contributed by atoms with Gasteiger partial charge in [0, 0.05) is 24.4 Å². The zero-order valence-corrected chi connectivity index (χ0v) is 20.2. The van der Waals surface area contributed by atoms with Gasteiger partial charge in [0.25, 0.3) is 0 Å². The zero-order valence-electron chi connectivity index (χ0n) is 20.2. The van der Waals surface area contributed by atoms with Gasteiger partial charge in [-0.05, 0) is 47.4 Å². The summed E-state index contributed by atoms with van der Waals surface area (Å²) in [5, 5.41) is 15.0. The highest BCUT2D eigenvalue weighted by molar-refractivity contribution is 5.80. The van der Waals surface area contributed by atoms with Crippen LogP contribution in [0.1, 0.15) is 68.9 Å². The first kappa shape index (κ1) is 24.8. The lowest BCUT2D eigenvalue weighted by molar-refractivity contribution is -0.138. The number of carbonyl (C=O) groups excluding carboxylic acids is 2. The first-order valence-corrected chi connectivity index (χ1v) is 12.6. The van der Waals surface area contributed by atoms with Crippen LogP contribution in [0.2, 0.25) is 0 Å². The van der Waals surface area contributed by atoms with Crippen LogP contribution in [0.3, 0.4) is 0 Å². The average Bonchev–Trinajstić information content (AvgIpc) is 3.39. The van der Waals surface area contributed by atoms with Crippen molar-refractivity contribution in [1.29, 1.82) is 0 Å². The van der Waals surface area contributed by atoms with Crippen molar-refractivity contribution in [1.82, 2.24) is 10.6 Å². The molecule has 0 heterocycles. The Morgan fingerprint density at radius 2 is 1.69 bits per heavy atom. The highest BCUT2D eigenvalue weighted by Gasteiger charge is 2.31. The lowest BCUT2D eigenvalue weighted by Crippen LogP contribution is -2.43. The van der Waals surface area contributed by atoms with Crippen molar-refractivity contribution in [3.63, 3.8) is 0 Å². The van der Waals surface area contributed by atoms with E-state index in [1.165, 1.54) is 11.1 Å². The van der Waals surface area contributed by atoms with E-state index in [0.717, 1.165) is 36.8 Å². The second-order valence-corrected chi connectivity index (χ2v) is 9.62. The smallest absolute Gasteiger partial charge is 0.407 e. The Hall–Kier alpha value is -3.35. The molecule has 3 N–H and O–H groups in total. The predicted octanol–water partition coefficient (Wildman–Crippen LogP) is 4.84. The quantitative estimate of drug-likeness (QED) is 0.453. The normalized spacial score (nSPS) is 19.5. The van der Waals surface area contributed by atoms with Crippen molar-refractivity contribution in [3.8, 4) is 11.1 Å². The zero-order chi connectivity index (χ0) is 24.8. The molecule has 7 heteroatoms. The van der Waals surface area contributed by atoms with E-state index in [4.69, 9.17) is 9.84 Å². The second kappa shape index (κ2) is 11.4. The van der Waals surface area contributed by atoms with Gasteiger partial charge in [0.2, 0.25) is 5.91 Å². The fourth-order valence-corrected chi connectivity index (χ4v) is 5.57. The van der Waals surface area contributed by atoms with E-state index in [2.05, 4.69) is 34.9 Å². The predicted molar refractivity (Wildman–Crippen MR) is 133 cm³/mol. The van der Waals surface area contributed by atoms with E-state index in [1.54, 1.807) is 0 Å². The van der Waals surface area contributed by atoms with Crippen molar-refractivity contribution < 1.29 is 24.2 Å². The summed E-state index contributed by atoms with van der Waals surface area (Å²) in [4.78, 5) is 36.5.